The lowest BCUT2D eigenvalue weighted by Crippen LogP contribution is -2.24. The molecule has 0 aromatic carbocycles. The molecule has 2 aliphatic rings. The quantitative estimate of drug-likeness (QED) is 0.566. The molecule has 0 bridgehead atoms. The van der Waals surface area contributed by atoms with Gasteiger partial charge in [-0.05, 0) is 25.8 Å². The second-order valence-corrected chi connectivity index (χ2v) is 6.02. The van der Waals surface area contributed by atoms with Crippen molar-refractivity contribution in [3.8, 4) is 0 Å². The number of Topliss-reactive ketones (excluding diaryl/α,β-unsaturated/α-hetero) is 2. The van der Waals surface area contributed by atoms with Gasteiger partial charge in [0.05, 0.1) is 6.42 Å². The minimum Gasteiger partial charge on any atom is -0.458 e. The van der Waals surface area contributed by atoms with Crippen LogP contribution in [0, 0.1) is 5.92 Å². The number of ether oxygens (including phenoxy) is 2. The van der Waals surface area contributed by atoms with Crippen molar-refractivity contribution >= 4 is 23.5 Å². The smallest absolute Gasteiger partial charge is 0.334 e. The van der Waals surface area contributed by atoms with E-state index >= 15 is 0 Å². The third-order valence-electron chi connectivity index (χ3n) is 4.29. The summed E-state index contributed by atoms with van der Waals surface area (Å²) in [5.41, 5.74) is 1.25. The molecule has 0 unspecified atom stereocenters. The summed E-state index contributed by atoms with van der Waals surface area (Å²) in [6.45, 7) is 8.18. The van der Waals surface area contributed by atoms with Gasteiger partial charge in [0.15, 0.2) is 5.78 Å². The predicted molar refractivity (Wildman–Crippen MR) is 80.3 cm³/mol. The van der Waals surface area contributed by atoms with Crippen LogP contribution in [0.2, 0.25) is 0 Å². The molecular weight excluding hydrogens is 300 g/mol. The van der Waals surface area contributed by atoms with Crippen molar-refractivity contribution in [2.45, 2.75) is 52.2 Å². The van der Waals surface area contributed by atoms with E-state index in [1.807, 2.05) is 0 Å². The Bertz CT molecular complexity index is 627. The van der Waals surface area contributed by atoms with E-state index in [2.05, 4.69) is 6.58 Å². The van der Waals surface area contributed by atoms with Crippen molar-refractivity contribution in [3.05, 3.63) is 23.3 Å². The van der Waals surface area contributed by atoms with Crippen LogP contribution in [0.3, 0.4) is 0 Å². The SMILES string of the molecule is C=C1C(=O)O[C@H](C2=C(C)[C@@H](OC(C)=O)CC2=O)[C@H]1CCC(C)=O. The lowest BCUT2D eigenvalue weighted by molar-refractivity contribution is -0.145. The van der Waals surface area contributed by atoms with Gasteiger partial charge < -0.3 is 14.3 Å². The number of cyclic esters (lactones) is 1. The molecule has 1 aliphatic carbocycles. The van der Waals surface area contributed by atoms with Crippen molar-refractivity contribution < 1.29 is 28.7 Å². The molecular formula is C17H20O6. The van der Waals surface area contributed by atoms with Crippen molar-refractivity contribution in [1.82, 2.24) is 0 Å². The number of hydrogen-bond donors (Lipinski definition) is 0. The Hall–Kier alpha value is -2.24. The molecule has 0 N–H and O–H groups in total. The number of carbonyl (C=O) groups excluding carboxylic acids is 4. The Morgan fingerprint density at radius 1 is 1.30 bits per heavy atom. The minimum atomic E-state index is -0.748. The van der Waals surface area contributed by atoms with Crippen LogP contribution in [-0.4, -0.2) is 35.7 Å². The molecule has 0 radical (unpaired) electrons. The molecule has 1 saturated heterocycles. The van der Waals surface area contributed by atoms with Crippen LogP contribution in [-0.2, 0) is 28.7 Å². The molecule has 3 atom stereocenters. The molecule has 23 heavy (non-hydrogen) atoms. The highest BCUT2D eigenvalue weighted by Gasteiger charge is 2.46. The molecule has 0 aromatic rings. The van der Waals surface area contributed by atoms with Gasteiger partial charge in [-0.25, -0.2) is 4.79 Å². The number of hydrogen-bond acceptors (Lipinski definition) is 6. The monoisotopic (exact) mass is 320 g/mol. The largest absolute Gasteiger partial charge is 0.458 e. The first kappa shape index (κ1) is 17.1. The predicted octanol–water partition coefficient (Wildman–Crippen LogP) is 1.67. The van der Waals surface area contributed by atoms with Crippen molar-refractivity contribution in [1.29, 1.82) is 0 Å². The number of ketones is 2. The highest BCUT2D eigenvalue weighted by molar-refractivity contribution is 6.03. The second kappa shape index (κ2) is 6.48. The van der Waals surface area contributed by atoms with Crippen molar-refractivity contribution in [2.75, 3.05) is 0 Å². The highest BCUT2D eigenvalue weighted by atomic mass is 16.6. The van der Waals surface area contributed by atoms with E-state index in [1.54, 1.807) is 6.92 Å². The molecule has 124 valence electrons. The first-order valence-electron chi connectivity index (χ1n) is 7.52. The number of esters is 2. The fourth-order valence-electron chi connectivity index (χ4n) is 3.09. The van der Waals surface area contributed by atoms with Gasteiger partial charge in [0.2, 0.25) is 0 Å². The lowest BCUT2D eigenvalue weighted by Gasteiger charge is -2.19. The van der Waals surface area contributed by atoms with E-state index in [4.69, 9.17) is 9.47 Å². The van der Waals surface area contributed by atoms with Gasteiger partial charge in [0, 0.05) is 30.4 Å². The van der Waals surface area contributed by atoms with Crippen LogP contribution in [0.4, 0.5) is 0 Å². The van der Waals surface area contributed by atoms with Gasteiger partial charge in [-0.3, -0.25) is 9.59 Å². The zero-order valence-corrected chi connectivity index (χ0v) is 13.5. The molecule has 2 rings (SSSR count). The summed E-state index contributed by atoms with van der Waals surface area (Å²) in [6.07, 6.45) is -0.628. The van der Waals surface area contributed by atoms with Crippen LogP contribution in [0.5, 0.6) is 0 Å². The van der Waals surface area contributed by atoms with Crippen LogP contribution in [0.25, 0.3) is 0 Å². The van der Waals surface area contributed by atoms with E-state index in [9.17, 15) is 19.2 Å². The average molecular weight is 320 g/mol. The van der Waals surface area contributed by atoms with Gasteiger partial charge in [-0.15, -0.1) is 0 Å². The van der Waals surface area contributed by atoms with Gasteiger partial charge in [-0.1, -0.05) is 6.58 Å². The standard InChI is InChI=1S/C17H20O6/c1-8(18)5-6-12-9(2)17(21)23-16(12)15-10(3)14(7-13(15)20)22-11(4)19/h12,14,16H,2,5-7H2,1,3-4H3/t12-,14-,16-/m0/s1. The molecule has 0 saturated carbocycles. The molecule has 0 aromatic heterocycles. The summed E-state index contributed by atoms with van der Waals surface area (Å²) in [6, 6.07) is 0. The number of carbonyl (C=O) groups is 4. The average Bonchev–Trinajstić information content (AvgIpc) is 2.85. The van der Waals surface area contributed by atoms with E-state index in [0.717, 1.165) is 0 Å². The Balaban J connectivity index is 2.29. The summed E-state index contributed by atoms with van der Waals surface area (Å²) >= 11 is 0. The summed E-state index contributed by atoms with van der Waals surface area (Å²) in [5, 5.41) is 0. The second-order valence-electron chi connectivity index (χ2n) is 6.02. The Labute approximate surface area is 134 Å². The third kappa shape index (κ3) is 3.41. The Morgan fingerprint density at radius 2 is 1.96 bits per heavy atom. The van der Waals surface area contributed by atoms with E-state index in [1.165, 1.54) is 13.8 Å². The Kier molecular flexibility index (Phi) is 4.82. The summed E-state index contributed by atoms with van der Waals surface area (Å²) < 4.78 is 10.5. The molecule has 0 amide bonds. The highest BCUT2D eigenvalue weighted by Crippen LogP contribution is 2.40. The maximum absolute atomic E-state index is 12.3. The van der Waals surface area contributed by atoms with Gasteiger partial charge in [0.25, 0.3) is 0 Å². The fraction of sp³-hybridized carbons (Fsp3) is 0.529. The molecule has 6 heteroatoms. The first-order valence-corrected chi connectivity index (χ1v) is 7.52. The van der Waals surface area contributed by atoms with Gasteiger partial charge >= 0.3 is 11.9 Å². The van der Waals surface area contributed by atoms with E-state index in [0.29, 0.717) is 17.6 Å². The summed E-state index contributed by atoms with van der Waals surface area (Å²) in [5.74, 6) is -1.63. The topological polar surface area (TPSA) is 86.7 Å². The lowest BCUT2D eigenvalue weighted by atomic mass is 9.86. The zero-order chi connectivity index (χ0) is 17.3. The van der Waals surface area contributed by atoms with Crippen LogP contribution < -0.4 is 0 Å². The first-order chi connectivity index (χ1) is 10.7. The van der Waals surface area contributed by atoms with Gasteiger partial charge in [-0.2, -0.15) is 0 Å². The minimum absolute atomic E-state index is 0.00265. The summed E-state index contributed by atoms with van der Waals surface area (Å²) in [4.78, 5) is 46.5. The van der Waals surface area contributed by atoms with Crippen LogP contribution in [0.15, 0.2) is 23.3 Å². The van der Waals surface area contributed by atoms with Crippen molar-refractivity contribution in [2.24, 2.45) is 5.92 Å². The zero-order valence-electron chi connectivity index (χ0n) is 13.5. The van der Waals surface area contributed by atoms with Crippen molar-refractivity contribution in [3.63, 3.8) is 0 Å². The molecule has 1 aliphatic heterocycles. The number of rotatable bonds is 5. The fourth-order valence-corrected chi connectivity index (χ4v) is 3.09. The van der Waals surface area contributed by atoms with Crippen LogP contribution >= 0.6 is 0 Å². The van der Waals surface area contributed by atoms with Crippen LogP contribution in [0.1, 0.15) is 40.0 Å². The maximum Gasteiger partial charge on any atom is 0.334 e. The third-order valence-corrected chi connectivity index (χ3v) is 4.29. The molecule has 6 nitrogen and oxygen atoms in total. The Morgan fingerprint density at radius 3 is 2.52 bits per heavy atom. The van der Waals surface area contributed by atoms with Gasteiger partial charge in [0.1, 0.15) is 18.0 Å². The van der Waals surface area contributed by atoms with E-state index in [-0.39, 0.29) is 30.0 Å². The molecule has 1 fully saturated rings. The summed E-state index contributed by atoms with van der Waals surface area (Å²) in [7, 11) is 0. The maximum atomic E-state index is 12.3. The molecule has 0 spiro atoms. The normalized spacial score (nSPS) is 27.4. The molecule has 1 heterocycles. The van der Waals surface area contributed by atoms with E-state index < -0.39 is 30.1 Å².